The van der Waals surface area contributed by atoms with Gasteiger partial charge >= 0.3 is 0 Å². The van der Waals surface area contributed by atoms with Gasteiger partial charge < -0.3 is 4.57 Å². The minimum Gasteiger partial charge on any atom is -0.339 e. The molecule has 5 nitrogen and oxygen atoms in total. The summed E-state index contributed by atoms with van der Waals surface area (Å²) in [7, 11) is -0.217. The minimum absolute atomic E-state index is 0.0807. The molecule has 2 aromatic rings. The number of benzene rings is 1. The zero-order valence-corrected chi connectivity index (χ0v) is 14.6. The maximum Gasteiger partial charge on any atom is 0.261 e. The summed E-state index contributed by atoms with van der Waals surface area (Å²) in [6.45, 7) is 6.51. The maximum atomic E-state index is 12.6. The number of hydrogen-bond donors (Lipinski definition) is 0. The molecule has 0 N–H and O–H groups in total. The number of likely N-dealkylation sites (N-methyl/N-ethyl adjacent to an activating group) is 1. The molecule has 0 radical (unpaired) electrons. The van der Waals surface area contributed by atoms with E-state index in [-0.39, 0.29) is 10.4 Å². The lowest BCUT2D eigenvalue weighted by Crippen LogP contribution is -2.38. The van der Waals surface area contributed by atoms with Gasteiger partial charge in [-0.1, -0.05) is 43.7 Å². The molecule has 0 bridgehead atoms. The van der Waals surface area contributed by atoms with E-state index in [0.29, 0.717) is 6.54 Å². The van der Waals surface area contributed by atoms with Crippen molar-refractivity contribution in [1.29, 1.82) is 0 Å². The fraction of sp³-hybridized carbons (Fsp3) is 0.438. The van der Waals surface area contributed by atoms with Crippen molar-refractivity contribution in [2.45, 2.75) is 31.2 Å². The second-order valence-electron chi connectivity index (χ2n) is 6.39. The number of nitrogens with zero attached hydrogens (tertiary/aromatic N) is 3. The lowest BCUT2D eigenvalue weighted by molar-refractivity contribution is 0.371. The second-order valence-corrected chi connectivity index (χ2v) is 8.38. The van der Waals surface area contributed by atoms with Gasteiger partial charge in [0, 0.05) is 32.3 Å². The van der Waals surface area contributed by atoms with Gasteiger partial charge in [0.1, 0.15) is 0 Å². The van der Waals surface area contributed by atoms with Crippen molar-refractivity contribution >= 4 is 10.0 Å². The van der Waals surface area contributed by atoms with E-state index in [1.54, 1.807) is 18.7 Å². The molecule has 0 spiro atoms. The van der Waals surface area contributed by atoms with Crippen LogP contribution in [0.5, 0.6) is 0 Å². The number of aryl methyl sites for hydroxylation is 2. The molecular formula is C16H23N3O2S. The summed E-state index contributed by atoms with van der Waals surface area (Å²) in [6.07, 6.45) is 3.01. The fourth-order valence-corrected chi connectivity index (χ4v) is 3.71. The third kappa shape index (κ3) is 3.39. The zero-order valence-electron chi connectivity index (χ0n) is 13.7. The highest BCUT2D eigenvalue weighted by molar-refractivity contribution is 7.89. The van der Waals surface area contributed by atoms with E-state index in [1.807, 2.05) is 32.9 Å². The quantitative estimate of drug-likeness (QED) is 0.849. The molecule has 22 heavy (non-hydrogen) atoms. The average Bonchev–Trinajstić information content (AvgIpc) is 2.86. The van der Waals surface area contributed by atoms with Crippen LogP contribution in [0.15, 0.2) is 41.8 Å². The Kier molecular flexibility index (Phi) is 4.44. The summed E-state index contributed by atoms with van der Waals surface area (Å²) in [5.41, 5.74) is 2.01. The summed E-state index contributed by atoms with van der Waals surface area (Å²) in [4.78, 5) is 3.96. The van der Waals surface area contributed by atoms with E-state index in [1.165, 1.54) is 22.4 Å². The van der Waals surface area contributed by atoms with E-state index in [2.05, 4.69) is 17.1 Å². The van der Waals surface area contributed by atoms with Crippen LogP contribution in [0.2, 0.25) is 0 Å². The van der Waals surface area contributed by atoms with Crippen LogP contribution < -0.4 is 0 Å². The van der Waals surface area contributed by atoms with Gasteiger partial charge in [-0.2, -0.15) is 4.31 Å². The SMILES string of the molecule is Cc1ccc(C(C)(C)CN(C)S(=O)(=O)c2cn(C)cn2)cc1. The molecule has 0 aliphatic heterocycles. The van der Waals surface area contributed by atoms with Gasteiger partial charge in [0.2, 0.25) is 0 Å². The number of imidazole rings is 1. The van der Waals surface area contributed by atoms with Crippen LogP contribution in [-0.4, -0.2) is 35.9 Å². The molecule has 0 unspecified atom stereocenters. The molecule has 0 saturated heterocycles. The van der Waals surface area contributed by atoms with Gasteiger partial charge in [0.05, 0.1) is 6.33 Å². The van der Waals surface area contributed by atoms with Crippen LogP contribution in [0, 0.1) is 6.92 Å². The van der Waals surface area contributed by atoms with Gasteiger partial charge in [-0.15, -0.1) is 0 Å². The zero-order chi connectivity index (χ0) is 16.5. The Balaban J connectivity index is 2.23. The fourth-order valence-electron chi connectivity index (χ4n) is 2.42. The Morgan fingerprint density at radius 2 is 1.82 bits per heavy atom. The number of sulfonamides is 1. The van der Waals surface area contributed by atoms with E-state index in [0.717, 1.165) is 5.56 Å². The van der Waals surface area contributed by atoms with E-state index >= 15 is 0 Å². The summed E-state index contributed by atoms with van der Waals surface area (Å²) < 4.78 is 28.1. The minimum atomic E-state index is -3.57. The Hall–Kier alpha value is -1.66. The molecule has 0 aliphatic carbocycles. The summed E-state index contributed by atoms with van der Waals surface area (Å²) in [5.74, 6) is 0. The monoisotopic (exact) mass is 321 g/mol. The van der Waals surface area contributed by atoms with Crippen LogP contribution in [0.25, 0.3) is 0 Å². The molecular weight excluding hydrogens is 298 g/mol. The van der Waals surface area contributed by atoms with Crippen molar-refractivity contribution < 1.29 is 8.42 Å². The van der Waals surface area contributed by atoms with Crippen molar-refractivity contribution in [1.82, 2.24) is 13.9 Å². The lowest BCUT2D eigenvalue weighted by Gasteiger charge is -2.30. The molecule has 2 rings (SSSR count). The third-order valence-corrected chi connectivity index (χ3v) is 5.50. The first kappa shape index (κ1) is 16.7. The van der Waals surface area contributed by atoms with Crippen molar-refractivity contribution in [3.63, 3.8) is 0 Å². The summed E-state index contributed by atoms with van der Waals surface area (Å²) >= 11 is 0. The first-order valence-electron chi connectivity index (χ1n) is 7.14. The standard InChI is InChI=1S/C16H23N3O2S/c1-13-6-8-14(9-7-13)16(2,3)11-19(5)22(20,21)15-10-18(4)12-17-15/h6-10,12H,11H2,1-5H3. The van der Waals surface area contributed by atoms with Crippen molar-refractivity contribution in [2.75, 3.05) is 13.6 Å². The molecule has 1 heterocycles. The Bertz CT molecular complexity index is 746. The lowest BCUT2D eigenvalue weighted by atomic mass is 9.84. The predicted molar refractivity (Wildman–Crippen MR) is 87.2 cm³/mol. The normalized spacial score (nSPS) is 12.8. The van der Waals surface area contributed by atoms with Crippen LogP contribution in [0.1, 0.15) is 25.0 Å². The molecule has 0 atom stereocenters. The molecule has 0 amide bonds. The second kappa shape index (κ2) is 5.85. The average molecular weight is 321 g/mol. The van der Waals surface area contributed by atoms with E-state index in [4.69, 9.17) is 0 Å². The van der Waals surface area contributed by atoms with Crippen molar-refractivity contribution in [3.8, 4) is 0 Å². The number of hydrogen-bond acceptors (Lipinski definition) is 3. The molecule has 6 heteroatoms. The Labute approximate surface area is 132 Å². The van der Waals surface area contributed by atoms with Crippen molar-refractivity contribution in [2.24, 2.45) is 7.05 Å². The molecule has 1 aromatic carbocycles. The van der Waals surface area contributed by atoms with Crippen LogP contribution >= 0.6 is 0 Å². The molecule has 0 aliphatic rings. The van der Waals surface area contributed by atoms with Gasteiger partial charge in [0.25, 0.3) is 10.0 Å². The first-order valence-corrected chi connectivity index (χ1v) is 8.58. The largest absolute Gasteiger partial charge is 0.339 e. The maximum absolute atomic E-state index is 12.6. The highest BCUT2D eigenvalue weighted by atomic mass is 32.2. The topological polar surface area (TPSA) is 55.2 Å². The van der Waals surface area contributed by atoms with Gasteiger partial charge in [-0.3, -0.25) is 0 Å². The van der Waals surface area contributed by atoms with Gasteiger partial charge in [0.15, 0.2) is 5.03 Å². The summed E-state index contributed by atoms with van der Waals surface area (Å²) in [6, 6.07) is 8.20. The predicted octanol–water partition coefficient (Wildman–Crippen LogP) is 2.33. The first-order chi connectivity index (χ1) is 10.1. The van der Waals surface area contributed by atoms with Crippen molar-refractivity contribution in [3.05, 3.63) is 47.9 Å². The van der Waals surface area contributed by atoms with Crippen LogP contribution in [0.4, 0.5) is 0 Å². The van der Waals surface area contributed by atoms with Gasteiger partial charge in [-0.25, -0.2) is 13.4 Å². The summed E-state index contributed by atoms with van der Waals surface area (Å²) in [5, 5.41) is 0.0807. The Morgan fingerprint density at radius 1 is 1.23 bits per heavy atom. The smallest absolute Gasteiger partial charge is 0.261 e. The van der Waals surface area contributed by atoms with E-state index < -0.39 is 10.0 Å². The molecule has 1 aromatic heterocycles. The number of rotatable bonds is 5. The molecule has 120 valence electrons. The third-order valence-electron chi connectivity index (χ3n) is 3.81. The molecule has 0 fully saturated rings. The number of aromatic nitrogens is 2. The van der Waals surface area contributed by atoms with E-state index in [9.17, 15) is 8.42 Å². The Morgan fingerprint density at radius 3 is 2.32 bits per heavy atom. The molecule has 0 saturated carbocycles. The highest BCUT2D eigenvalue weighted by Crippen LogP contribution is 2.26. The van der Waals surface area contributed by atoms with Crippen LogP contribution in [-0.2, 0) is 22.5 Å². The van der Waals surface area contributed by atoms with Crippen LogP contribution in [0.3, 0.4) is 0 Å². The highest BCUT2D eigenvalue weighted by Gasteiger charge is 2.30. The van der Waals surface area contributed by atoms with Gasteiger partial charge in [-0.05, 0) is 12.5 Å².